The second kappa shape index (κ2) is 3.97. The van der Waals surface area contributed by atoms with Gasteiger partial charge in [0.15, 0.2) is 0 Å². The maximum absolute atomic E-state index is 9.55. The summed E-state index contributed by atoms with van der Waals surface area (Å²) in [6, 6.07) is 0. The summed E-state index contributed by atoms with van der Waals surface area (Å²) in [7, 11) is 0. The van der Waals surface area contributed by atoms with Gasteiger partial charge in [-0.1, -0.05) is 13.3 Å². The molecule has 0 aromatic carbocycles. The van der Waals surface area contributed by atoms with Crippen molar-refractivity contribution >= 4 is 0 Å². The molecule has 1 N–H and O–H groups in total. The van der Waals surface area contributed by atoms with E-state index in [1.165, 1.54) is 19.3 Å². The first-order valence-electron chi connectivity index (χ1n) is 5.61. The molecule has 2 nitrogen and oxygen atoms in total. The van der Waals surface area contributed by atoms with E-state index >= 15 is 0 Å². The standard InChI is InChI=1S/C11H20O2/c1-2-3-4-13-11-7-8-5-9(11)6-10(8)12/h8-12H,2-7H2,1H3/t8-,9?,10+,11+/m1/s1. The van der Waals surface area contributed by atoms with Gasteiger partial charge in [0, 0.05) is 6.61 Å². The fraction of sp³-hybridized carbons (Fsp3) is 1.00. The van der Waals surface area contributed by atoms with Crippen LogP contribution in [-0.2, 0) is 4.74 Å². The SMILES string of the molecule is CCCCO[C@H]1C[C@H]2CC1C[C@@H]2O. The molecule has 4 atom stereocenters. The highest BCUT2D eigenvalue weighted by Crippen LogP contribution is 2.46. The van der Waals surface area contributed by atoms with E-state index in [1.807, 2.05) is 0 Å². The van der Waals surface area contributed by atoms with E-state index < -0.39 is 0 Å². The van der Waals surface area contributed by atoms with Crippen molar-refractivity contribution in [3.05, 3.63) is 0 Å². The maximum atomic E-state index is 9.55. The topological polar surface area (TPSA) is 29.5 Å². The molecule has 0 heterocycles. The lowest BCUT2D eigenvalue weighted by molar-refractivity contribution is -0.0122. The zero-order valence-corrected chi connectivity index (χ0v) is 8.41. The van der Waals surface area contributed by atoms with E-state index in [0.29, 0.717) is 17.9 Å². The molecule has 13 heavy (non-hydrogen) atoms. The summed E-state index contributed by atoms with van der Waals surface area (Å²) >= 11 is 0. The quantitative estimate of drug-likeness (QED) is 0.677. The highest BCUT2D eigenvalue weighted by atomic mass is 16.5. The van der Waals surface area contributed by atoms with Crippen molar-refractivity contribution in [1.82, 2.24) is 0 Å². The number of ether oxygens (including phenoxy) is 1. The minimum Gasteiger partial charge on any atom is -0.393 e. The van der Waals surface area contributed by atoms with Gasteiger partial charge in [0.1, 0.15) is 0 Å². The molecule has 2 fully saturated rings. The van der Waals surface area contributed by atoms with Gasteiger partial charge in [-0.25, -0.2) is 0 Å². The zero-order valence-electron chi connectivity index (χ0n) is 8.41. The third kappa shape index (κ3) is 1.89. The van der Waals surface area contributed by atoms with E-state index in [-0.39, 0.29) is 6.10 Å². The van der Waals surface area contributed by atoms with Gasteiger partial charge >= 0.3 is 0 Å². The summed E-state index contributed by atoms with van der Waals surface area (Å²) < 4.78 is 5.81. The van der Waals surface area contributed by atoms with Crippen molar-refractivity contribution < 1.29 is 9.84 Å². The average Bonchev–Trinajstić information content (AvgIpc) is 2.63. The molecule has 0 aromatic rings. The van der Waals surface area contributed by atoms with E-state index in [2.05, 4.69) is 6.92 Å². The van der Waals surface area contributed by atoms with Crippen LogP contribution in [0.25, 0.3) is 0 Å². The Bertz CT molecular complexity index is 167. The molecule has 2 aliphatic rings. The predicted octanol–water partition coefficient (Wildman–Crippen LogP) is 1.96. The Hall–Kier alpha value is -0.0800. The van der Waals surface area contributed by atoms with Crippen LogP contribution >= 0.6 is 0 Å². The molecule has 2 aliphatic carbocycles. The van der Waals surface area contributed by atoms with Crippen molar-refractivity contribution in [2.45, 2.75) is 51.2 Å². The van der Waals surface area contributed by atoms with Crippen LogP contribution in [0.5, 0.6) is 0 Å². The van der Waals surface area contributed by atoms with Gasteiger partial charge in [0.05, 0.1) is 12.2 Å². The molecule has 0 radical (unpaired) electrons. The Labute approximate surface area is 80.3 Å². The molecule has 2 saturated carbocycles. The van der Waals surface area contributed by atoms with Crippen molar-refractivity contribution in [2.24, 2.45) is 11.8 Å². The number of aliphatic hydroxyl groups excluding tert-OH is 1. The number of rotatable bonds is 4. The second-order valence-corrected chi connectivity index (χ2v) is 4.56. The molecule has 0 aliphatic heterocycles. The molecule has 0 amide bonds. The van der Waals surface area contributed by atoms with Crippen LogP contribution in [0.3, 0.4) is 0 Å². The Morgan fingerprint density at radius 1 is 1.23 bits per heavy atom. The first kappa shape index (κ1) is 9.47. The minimum absolute atomic E-state index is 0.0176. The largest absolute Gasteiger partial charge is 0.393 e. The van der Waals surface area contributed by atoms with E-state index in [0.717, 1.165) is 19.4 Å². The predicted molar refractivity (Wildman–Crippen MR) is 51.5 cm³/mol. The molecule has 2 bridgehead atoms. The van der Waals surface area contributed by atoms with Gasteiger partial charge in [-0.05, 0) is 37.5 Å². The number of aliphatic hydroxyl groups is 1. The van der Waals surface area contributed by atoms with Gasteiger partial charge in [-0.2, -0.15) is 0 Å². The zero-order chi connectivity index (χ0) is 9.26. The molecular weight excluding hydrogens is 164 g/mol. The van der Waals surface area contributed by atoms with Crippen LogP contribution in [0.15, 0.2) is 0 Å². The smallest absolute Gasteiger partial charge is 0.0607 e. The third-order valence-electron chi connectivity index (χ3n) is 3.58. The molecule has 2 rings (SSSR count). The summed E-state index contributed by atoms with van der Waals surface area (Å²) in [5, 5.41) is 9.55. The highest BCUT2D eigenvalue weighted by molar-refractivity contribution is 4.96. The van der Waals surface area contributed by atoms with Crippen molar-refractivity contribution in [3.63, 3.8) is 0 Å². The van der Waals surface area contributed by atoms with Crippen LogP contribution in [0.1, 0.15) is 39.0 Å². The van der Waals surface area contributed by atoms with Gasteiger partial charge in [0.2, 0.25) is 0 Å². The fourth-order valence-electron chi connectivity index (χ4n) is 2.78. The van der Waals surface area contributed by atoms with E-state index in [9.17, 15) is 5.11 Å². The van der Waals surface area contributed by atoms with Crippen molar-refractivity contribution in [1.29, 1.82) is 0 Å². The third-order valence-corrected chi connectivity index (χ3v) is 3.58. The van der Waals surface area contributed by atoms with Gasteiger partial charge in [-0.3, -0.25) is 0 Å². The van der Waals surface area contributed by atoms with E-state index in [1.54, 1.807) is 0 Å². The Kier molecular flexibility index (Phi) is 2.89. The number of unbranched alkanes of at least 4 members (excludes halogenated alkanes) is 1. The molecule has 76 valence electrons. The fourth-order valence-corrected chi connectivity index (χ4v) is 2.78. The lowest BCUT2D eigenvalue weighted by Crippen LogP contribution is -2.27. The summed E-state index contributed by atoms with van der Waals surface area (Å²) in [6.07, 6.45) is 6.14. The monoisotopic (exact) mass is 184 g/mol. The average molecular weight is 184 g/mol. The lowest BCUT2D eigenvalue weighted by Gasteiger charge is -2.25. The summed E-state index contributed by atoms with van der Waals surface area (Å²) in [6.45, 7) is 3.11. The Morgan fingerprint density at radius 3 is 2.62 bits per heavy atom. The molecule has 0 aromatic heterocycles. The minimum atomic E-state index is -0.0176. The number of hydrogen-bond donors (Lipinski definition) is 1. The summed E-state index contributed by atoms with van der Waals surface area (Å²) in [5.41, 5.74) is 0. The summed E-state index contributed by atoms with van der Waals surface area (Å²) in [4.78, 5) is 0. The second-order valence-electron chi connectivity index (χ2n) is 4.56. The van der Waals surface area contributed by atoms with Gasteiger partial charge in [-0.15, -0.1) is 0 Å². The Morgan fingerprint density at radius 2 is 2.08 bits per heavy atom. The number of fused-ring (bicyclic) bond motifs is 2. The first-order chi connectivity index (χ1) is 6.31. The van der Waals surface area contributed by atoms with Crippen LogP contribution in [0, 0.1) is 11.8 Å². The summed E-state index contributed by atoms with van der Waals surface area (Å²) in [5.74, 6) is 1.22. The van der Waals surface area contributed by atoms with Crippen molar-refractivity contribution in [3.8, 4) is 0 Å². The van der Waals surface area contributed by atoms with Gasteiger partial charge in [0.25, 0.3) is 0 Å². The first-order valence-corrected chi connectivity index (χ1v) is 5.61. The van der Waals surface area contributed by atoms with Crippen LogP contribution < -0.4 is 0 Å². The molecular formula is C11H20O2. The lowest BCUT2D eigenvalue weighted by atomic mass is 9.95. The van der Waals surface area contributed by atoms with E-state index in [4.69, 9.17) is 4.74 Å². The van der Waals surface area contributed by atoms with Gasteiger partial charge < -0.3 is 9.84 Å². The van der Waals surface area contributed by atoms with Crippen LogP contribution in [0.4, 0.5) is 0 Å². The molecule has 1 unspecified atom stereocenters. The maximum Gasteiger partial charge on any atom is 0.0607 e. The number of hydrogen-bond acceptors (Lipinski definition) is 2. The molecule has 2 heteroatoms. The van der Waals surface area contributed by atoms with Crippen LogP contribution in [0.2, 0.25) is 0 Å². The van der Waals surface area contributed by atoms with Crippen molar-refractivity contribution in [2.75, 3.05) is 6.61 Å². The Balaban J connectivity index is 1.73. The normalized spacial score (nSPS) is 42.9. The molecule has 0 saturated heterocycles. The highest BCUT2D eigenvalue weighted by Gasteiger charge is 2.45. The molecule has 0 spiro atoms. The van der Waals surface area contributed by atoms with Crippen LogP contribution in [-0.4, -0.2) is 23.9 Å².